The molecule has 0 bridgehead atoms. The van der Waals surface area contributed by atoms with Crippen LogP contribution in [0.4, 0.5) is 0 Å². The maximum absolute atomic E-state index is 10.1. The third kappa shape index (κ3) is 6.50. The minimum Gasteiger partial charge on any atom is -0.287 e. The SMILES string of the molecule is CC(Br)CC(=O)S. The van der Waals surface area contributed by atoms with Crippen molar-refractivity contribution in [1.29, 1.82) is 0 Å². The van der Waals surface area contributed by atoms with Crippen LogP contribution in [-0.4, -0.2) is 9.94 Å². The van der Waals surface area contributed by atoms with Crippen LogP contribution in [-0.2, 0) is 4.79 Å². The molecule has 3 heteroatoms. The van der Waals surface area contributed by atoms with E-state index in [4.69, 9.17) is 0 Å². The average Bonchev–Trinajstić information content (AvgIpc) is 1.27. The number of alkyl halides is 1. The van der Waals surface area contributed by atoms with Crippen molar-refractivity contribution in [1.82, 2.24) is 0 Å². The van der Waals surface area contributed by atoms with Crippen molar-refractivity contribution >= 4 is 33.7 Å². The van der Waals surface area contributed by atoms with Crippen molar-refractivity contribution in [2.75, 3.05) is 0 Å². The fraction of sp³-hybridized carbons (Fsp3) is 0.750. The summed E-state index contributed by atoms with van der Waals surface area (Å²) in [6.45, 7) is 1.91. The summed E-state index contributed by atoms with van der Waals surface area (Å²) in [6, 6.07) is 0. The normalized spacial score (nSPS) is 13.6. The molecule has 0 N–H and O–H groups in total. The summed E-state index contributed by atoms with van der Waals surface area (Å²) in [7, 11) is 0. The molecule has 7 heavy (non-hydrogen) atoms. The van der Waals surface area contributed by atoms with Crippen LogP contribution in [0.2, 0.25) is 0 Å². The van der Waals surface area contributed by atoms with Gasteiger partial charge in [0, 0.05) is 11.2 Å². The summed E-state index contributed by atoms with van der Waals surface area (Å²) in [5, 5.41) is -0.0654. The number of hydrogen-bond acceptors (Lipinski definition) is 1. The molecule has 1 atom stereocenters. The Bertz CT molecular complexity index is 72.1. The Morgan fingerprint density at radius 1 is 2.00 bits per heavy atom. The molecule has 0 aliphatic rings. The summed E-state index contributed by atoms with van der Waals surface area (Å²) in [4.78, 5) is 10.3. The van der Waals surface area contributed by atoms with Gasteiger partial charge in [0.1, 0.15) is 0 Å². The minimum atomic E-state index is -0.0654. The number of halogens is 1. The van der Waals surface area contributed by atoms with Gasteiger partial charge in [-0.1, -0.05) is 22.9 Å². The van der Waals surface area contributed by atoms with Crippen LogP contribution in [0.25, 0.3) is 0 Å². The zero-order chi connectivity index (χ0) is 5.86. The van der Waals surface area contributed by atoms with Gasteiger partial charge in [-0.25, -0.2) is 0 Å². The van der Waals surface area contributed by atoms with E-state index >= 15 is 0 Å². The predicted molar refractivity (Wildman–Crippen MR) is 37.0 cm³/mol. The Kier molecular flexibility index (Phi) is 3.75. The van der Waals surface area contributed by atoms with Crippen molar-refractivity contribution in [3.05, 3.63) is 0 Å². The lowest BCUT2D eigenvalue weighted by atomic mass is 10.4. The molecule has 0 aromatic carbocycles. The molecule has 0 spiro atoms. The van der Waals surface area contributed by atoms with E-state index in [-0.39, 0.29) is 9.94 Å². The van der Waals surface area contributed by atoms with Crippen molar-refractivity contribution in [2.24, 2.45) is 0 Å². The van der Waals surface area contributed by atoms with Crippen LogP contribution in [0, 0.1) is 0 Å². The number of thiol groups is 1. The molecular weight excluding hydrogens is 176 g/mol. The molecule has 0 saturated heterocycles. The standard InChI is InChI=1S/C4H7BrOS/c1-3(5)2-4(6)7/h3H,2H2,1H3,(H,6,7). The van der Waals surface area contributed by atoms with Gasteiger partial charge in [-0.3, -0.25) is 4.79 Å². The van der Waals surface area contributed by atoms with E-state index in [0.29, 0.717) is 6.42 Å². The van der Waals surface area contributed by atoms with Crippen molar-refractivity contribution in [3.63, 3.8) is 0 Å². The molecule has 0 rings (SSSR count). The molecule has 0 aliphatic heterocycles. The second kappa shape index (κ2) is 3.50. The molecule has 42 valence electrons. The number of carbonyl (C=O) groups is 1. The summed E-state index contributed by atoms with van der Waals surface area (Å²) in [5.41, 5.74) is 0. The summed E-state index contributed by atoms with van der Waals surface area (Å²) >= 11 is 6.77. The first-order chi connectivity index (χ1) is 3.13. The number of hydrogen-bond donors (Lipinski definition) is 1. The topological polar surface area (TPSA) is 17.1 Å². The van der Waals surface area contributed by atoms with Gasteiger partial charge in [-0.15, -0.1) is 12.6 Å². The Labute approximate surface area is 57.0 Å². The van der Waals surface area contributed by atoms with Gasteiger partial charge in [-0.05, 0) is 0 Å². The molecule has 0 radical (unpaired) electrons. The van der Waals surface area contributed by atoms with E-state index in [1.165, 1.54) is 0 Å². The van der Waals surface area contributed by atoms with Gasteiger partial charge in [0.05, 0.1) is 0 Å². The molecule has 0 heterocycles. The van der Waals surface area contributed by atoms with E-state index in [1.54, 1.807) is 0 Å². The third-order valence-electron chi connectivity index (χ3n) is 0.456. The first-order valence-electron chi connectivity index (χ1n) is 1.99. The Balaban J connectivity index is 3.13. The van der Waals surface area contributed by atoms with E-state index in [9.17, 15) is 4.79 Å². The molecule has 0 amide bonds. The highest BCUT2D eigenvalue weighted by Crippen LogP contribution is 2.04. The lowest BCUT2D eigenvalue weighted by Gasteiger charge is -1.92. The monoisotopic (exact) mass is 182 g/mol. The predicted octanol–water partition coefficient (Wildman–Crippen LogP) is 1.62. The molecule has 0 saturated carbocycles. The largest absolute Gasteiger partial charge is 0.287 e. The molecular formula is C4H7BrOS. The zero-order valence-corrected chi connectivity index (χ0v) is 6.50. The van der Waals surface area contributed by atoms with Crippen LogP contribution >= 0.6 is 28.6 Å². The van der Waals surface area contributed by atoms with Gasteiger partial charge in [0.2, 0.25) is 0 Å². The van der Waals surface area contributed by atoms with E-state index in [2.05, 4.69) is 28.6 Å². The Morgan fingerprint density at radius 3 is 2.43 bits per heavy atom. The first-order valence-corrected chi connectivity index (χ1v) is 3.35. The van der Waals surface area contributed by atoms with Crippen LogP contribution in [0.15, 0.2) is 0 Å². The van der Waals surface area contributed by atoms with Gasteiger partial charge in [0.15, 0.2) is 5.12 Å². The van der Waals surface area contributed by atoms with Crippen molar-refractivity contribution in [3.8, 4) is 0 Å². The maximum Gasteiger partial charge on any atom is 0.187 e. The fourth-order valence-corrected chi connectivity index (χ4v) is 1.06. The van der Waals surface area contributed by atoms with E-state index in [1.807, 2.05) is 6.92 Å². The quantitative estimate of drug-likeness (QED) is 0.508. The summed E-state index contributed by atoms with van der Waals surface area (Å²) < 4.78 is 0. The second-order valence-electron chi connectivity index (χ2n) is 1.38. The highest BCUT2D eigenvalue weighted by molar-refractivity contribution is 9.09. The highest BCUT2D eigenvalue weighted by atomic mass is 79.9. The zero-order valence-electron chi connectivity index (χ0n) is 4.02. The van der Waals surface area contributed by atoms with Crippen LogP contribution < -0.4 is 0 Å². The fourth-order valence-electron chi connectivity index (χ4n) is 0.241. The molecule has 1 unspecified atom stereocenters. The molecule has 0 aliphatic carbocycles. The van der Waals surface area contributed by atoms with Crippen molar-refractivity contribution < 1.29 is 4.79 Å². The van der Waals surface area contributed by atoms with Crippen molar-refractivity contribution in [2.45, 2.75) is 18.2 Å². The van der Waals surface area contributed by atoms with Gasteiger partial charge in [0.25, 0.3) is 0 Å². The summed E-state index contributed by atoms with van der Waals surface area (Å²) in [6.07, 6.45) is 0.503. The third-order valence-corrected chi connectivity index (χ3v) is 0.962. The van der Waals surface area contributed by atoms with E-state index < -0.39 is 0 Å². The van der Waals surface area contributed by atoms with Crippen LogP contribution in [0.1, 0.15) is 13.3 Å². The Morgan fingerprint density at radius 2 is 2.43 bits per heavy atom. The lowest BCUT2D eigenvalue weighted by molar-refractivity contribution is -0.110. The second-order valence-corrected chi connectivity index (χ2v) is 3.44. The summed E-state index contributed by atoms with van der Waals surface area (Å²) in [5.74, 6) is 0. The maximum atomic E-state index is 10.1. The smallest absolute Gasteiger partial charge is 0.187 e. The van der Waals surface area contributed by atoms with Gasteiger partial charge in [-0.2, -0.15) is 0 Å². The minimum absolute atomic E-state index is 0.0654. The van der Waals surface area contributed by atoms with Crippen LogP contribution in [0.3, 0.4) is 0 Å². The van der Waals surface area contributed by atoms with Gasteiger partial charge < -0.3 is 0 Å². The average molecular weight is 183 g/mol. The molecule has 0 fully saturated rings. The number of rotatable bonds is 2. The highest BCUT2D eigenvalue weighted by Gasteiger charge is 1.98. The molecule has 1 nitrogen and oxygen atoms in total. The Hall–Kier alpha value is 0.500. The lowest BCUT2D eigenvalue weighted by Crippen LogP contribution is -1.95. The number of carbonyl (C=O) groups excluding carboxylic acids is 1. The van der Waals surface area contributed by atoms with Crippen LogP contribution in [0.5, 0.6) is 0 Å². The molecule has 0 aromatic rings. The first kappa shape index (κ1) is 7.50. The molecule has 0 aromatic heterocycles. The van der Waals surface area contributed by atoms with E-state index in [0.717, 1.165) is 0 Å². The van der Waals surface area contributed by atoms with Gasteiger partial charge >= 0.3 is 0 Å².